The molecule has 15 heavy (non-hydrogen) atoms. The molecule has 0 saturated carbocycles. The van der Waals surface area contributed by atoms with E-state index in [9.17, 15) is 0 Å². The zero-order chi connectivity index (χ0) is 10.8. The number of halogens is 1. The molecule has 1 N–H and O–H groups in total. The molecule has 82 valence electrons. The number of hydrogen-bond acceptors (Lipinski definition) is 2. The van der Waals surface area contributed by atoms with Crippen molar-refractivity contribution in [2.75, 3.05) is 20.6 Å². The summed E-state index contributed by atoms with van der Waals surface area (Å²) in [6.07, 6.45) is 1.08. The predicted octanol–water partition coefficient (Wildman–Crippen LogP) is 1.92. The molecule has 0 amide bonds. The van der Waals surface area contributed by atoms with E-state index in [0.29, 0.717) is 6.04 Å². The maximum Gasteiger partial charge on any atom is 0.0453 e. The van der Waals surface area contributed by atoms with Crippen LogP contribution in [0.5, 0.6) is 0 Å². The lowest BCUT2D eigenvalue weighted by Gasteiger charge is -2.28. The summed E-state index contributed by atoms with van der Waals surface area (Å²) < 4.78 is 0. The topological polar surface area (TPSA) is 15.3 Å². The van der Waals surface area contributed by atoms with Crippen molar-refractivity contribution < 1.29 is 0 Å². The van der Waals surface area contributed by atoms with Gasteiger partial charge in [0.1, 0.15) is 0 Å². The lowest BCUT2D eigenvalue weighted by atomic mass is 9.95. The second-order valence-electron chi connectivity index (χ2n) is 4.42. The van der Waals surface area contributed by atoms with Crippen molar-refractivity contribution in [2.24, 2.45) is 0 Å². The maximum absolute atomic E-state index is 6.15. The monoisotopic (exact) mass is 224 g/mol. The van der Waals surface area contributed by atoms with E-state index in [2.05, 4.69) is 30.4 Å². The second-order valence-corrected chi connectivity index (χ2v) is 4.83. The summed E-state index contributed by atoms with van der Waals surface area (Å²) in [6, 6.07) is 6.74. The van der Waals surface area contributed by atoms with Gasteiger partial charge in [0.15, 0.2) is 0 Å². The smallest absolute Gasteiger partial charge is 0.0453 e. The van der Waals surface area contributed by atoms with Gasteiger partial charge in [0.2, 0.25) is 0 Å². The molecule has 1 atom stereocenters. The quantitative estimate of drug-likeness (QED) is 0.826. The van der Waals surface area contributed by atoms with Gasteiger partial charge in [0.25, 0.3) is 0 Å². The molecule has 0 aliphatic carbocycles. The van der Waals surface area contributed by atoms with Crippen LogP contribution < -0.4 is 5.32 Å². The summed E-state index contributed by atoms with van der Waals surface area (Å²) in [5, 5.41) is 4.41. The van der Waals surface area contributed by atoms with Crippen LogP contribution in [0.15, 0.2) is 18.2 Å². The fourth-order valence-electron chi connectivity index (χ4n) is 2.15. The minimum atomic E-state index is 0.547. The van der Waals surface area contributed by atoms with Crippen LogP contribution in [0.25, 0.3) is 0 Å². The molecule has 1 heterocycles. The molecule has 0 fully saturated rings. The zero-order valence-electron chi connectivity index (χ0n) is 9.26. The van der Waals surface area contributed by atoms with E-state index >= 15 is 0 Å². The molecule has 1 aliphatic rings. The largest absolute Gasteiger partial charge is 0.308 e. The van der Waals surface area contributed by atoms with Gasteiger partial charge in [-0.1, -0.05) is 23.7 Å². The Hall–Kier alpha value is -0.570. The average molecular weight is 225 g/mol. The van der Waals surface area contributed by atoms with E-state index in [1.54, 1.807) is 0 Å². The third-order valence-electron chi connectivity index (χ3n) is 2.84. The highest BCUT2D eigenvalue weighted by Crippen LogP contribution is 2.24. The Morgan fingerprint density at radius 3 is 3.00 bits per heavy atom. The summed E-state index contributed by atoms with van der Waals surface area (Å²) >= 11 is 6.15. The number of hydrogen-bond donors (Lipinski definition) is 1. The molecule has 0 saturated heterocycles. The molecule has 1 unspecified atom stereocenters. The maximum atomic E-state index is 6.15. The van der Waals surface area contributed by atoms with Gasteiger partial charge >= 0.3 is 0 Å². The molecule has 1 aromatic carbocycles. The first-order valence-electron chi connectivity index (χ1n) is 5.31. The normalized spacial score (nSPS) is 20.4. The van der Waals surface area contributed by atoms with Gasteiger partial charge in [-0.3, -0.25) is 0 Å². The second kappa shape index (κ2) is 4.52. The van der Waals surface area contributed by atoms with Gasteiger partial charge in [-0.15, -0.1) is 0 Å². The summed E-state index contributed by atoms with van der Waals surface area (Å²) in [5.41, 5.74) is 2.67. The fraction of sp³-hybridized carbons (Fsp3) is 0.500. The number of fused-ring (bicyclic) bond motifs is 1. The molecule has 0 spiro atoms. The molecule has 2 nitrogen and oxygen atoms in total. The van der Waals surface area contributed by atoms with Crippen molar-refractivity contribution in [1.29, 1.82) is 0 Å². The minimum Gasteiger partial charge on any atom is -0.308 e. The van der Waals surface area contributed by atoms with Crippen molar-refractivity contribution in [3.8, 4) is 0 Å². The lowest BCUT2D eigenvalue weighted by molar-refractivity contribution is 0.326. The van der Waals surface area contributed by atoms with E-state index in [4.69, 9.17) is 11.6 Å². The zero-order valence-corrected chi connectivity index (χ0v) is 10.0. The highest BCUT2D eigenvalue weighted by atomic mass is 35.5. The van der Waals surface area contributed by atoms with Gasteiger partial charge < -0.3 is 10.2 Å². The third-order valence-corrected chi connectivity index (χ3v) is 3.19. The number of likely N-dealkylation sites (N-methyl/N-ethyl adjacent to an activating group) is 1. The van der Waals surface area contributed by atoms with E-state index in [1.165, 1.54) is 11.1 Å². The van der Waals surface area contributed by atoms with Gasteiger partial charge in [-0.2, -0.15) is 0 Å². The molecule has 0 aromatic heterocycles. The van der Waals surface area contributed by atoms with Crippen LogP contribution in [-0.4, -0.2) is 31.6 Å². The van der Waals surface area contributed by atoms with Gasteiger partial charge in [-0.05, 0) is 37.7 Å². The van der Waals surface area contributed by atoms with Crippen LogP contribution >= 0.6 is 11.6 Å². The summed E-state index contributed by atoms with van der Waals surface area (Å²) in [6.45, 7) is 1.97. The summed E-state index contributed by atoms with van der Waals surface area (Å²) in [5.74, 6) is 0. The van der Waals surface area contributed by atoms with Crippen LogP contribution in [-0.2, 0) is 13.0 Å². The number of nitrogens with zero attached hydrogens (tertiary/aromatic N) is 1. The minimum absolute atomic E-state index is 0.547. The Bertz CT molecular complexity index is 349. The Morgan fingerprint density at radius 2 is 2.27 bits per heavy atom. The molecule has 0 radical (unpaired) electrons. The number of nitrogens with one attached hydrogen (secondary N) is 1. The van der Waals surface area contributed by atoms with Crippen molar-refractivity contribution in [1.82, 2.24) is 10.2 Å². The fourth-order valence-corrected chi connectivity index (χ4v) is 2.41. The van der Waals surface area contributed by atoms with Crippen LogP contribution in [0.2, 0.25) is 5.02 Å². The Kier molecular flexibility index (Phi) is 3.29. The first-order chi connectivity index (χ1) is 7.16. The van der Waals surface area contributed by atoms with Crippen molar-refractivity contribution in [2.45, 2.75) is 19.0 Å². The highest BCUT2D eigenvalue weighted by Gasteiger charge is 2.19. The molecule has 1 aliphatic heterocycles. The van der Waals surface area contributed by atoms with Crippen LogP contribution in [0.4, 0.5) is 0 Å². The number of benzene rings is 1. The highest BCUT2D eigenvalue weighted by molar-refractivity contribution is 6.31. The van der Waals surface area contributed by atoms with Gasteiger partial charge in [0, 0.05) is 24.2 Å². The van der Waals surface area contributed by atoms with Crippen molar-refractivity contribution in [3.05, 3.63) is 34.3 Å². The Morgan fingerprint density at radius 1 is 1.47 bits per heavy atom. The number of rotatable bonds is 2. The standard InChI is InChI=1S/C12H17ClN2/c1-15(2)8-10-6-9-4-3-5-12(13)11(9)7-14-10/h3-5,10,14H,6-8H2,1-2H3. The molecular weight excluding hydrogens is 208 g/mol. The van der Waals surface area contributed by atoms with E-state index < -0.39 is 0 Å². The first kappa shape index (κ1) is 10.9. The van der Waals surface area contributed by atoms with Crippen LogP contribution in [0.3, 0.4) is 0 Å². The molecule has 0 bridgehead atoms. The third kappa shape index (κ3) is 2.51. The molecular formula is C12H17ClN2. The first-order valence-corrected chi connectivity index (χ1v) is 5.69. The molecule has 3 heteroatoms. The summed E-state index contributed by atoms with van der Waals surface area (Å²) in [7, 11) is 4.21. The Labute approximate surface area is 96.2 Å². The molecule has 1 aromatic rings. The van der Waals surface area contributed by atoms with E-state index in [1.807, 2.05) is 12.1 Å². The molecule has 2 rings (SSSR count). The van der Waals surface area contributed by atoms with E-state index in [0.717, 1.165) is 24.5 Å². The van der Waals surface area contributed by atoms with Gasteiger partial charge in [-0.25, -0.2) is 0 Å². The van der Waals surface area contributed by atoms with Crippen molar-refractivity contribution in [3.63, 3.8) is 0 Å². The van der Waals surface area contributed by atoms with Crippen LogP contribution in [0.1, 0.15) is 11.1 Å². The lowest BCUT2D eigenvalue weighted by Crippen LogP contribution is -2.42. The van der Waals surface area contributed by atoms with Gasteiger partial charge in [0.05, 0.1) is 0 Å². The van der Waals surface area contributed by atoms with Crippen LogP contribution in [0, 0.1) is 0 Å². The summed E-state index contributed by atoms with van der Waals surface area (Å²) in [4.78, 5) is 2.22. The predicted molar refractivity (Wildman–Crippen MR) is 64.3 cm³/mol. The Balaban J connectivity index is 2.13. The van der Waals surface area contributed by atoms with E-state index in [-0.39, 0.29) is 0 Å². The average Bonchev–Trinajstić information content (AvgIpc) is 2.17. The van der Waals surface area contributed by atoms with Crippen molar-refractivity contribution >= 4 is 11.6 Å². The SMILES string of the molecule is CN(C)CC1Cc2cccc(Cl)c2CN1.